The van der Waals surface area contributed by atoms with Gasteiger partial charge < -0.3 is 10.1 Å². The van der Waals surface area contributed by atoms with Crippen molar-refractivity contribution < 1.29 is 4.74 Å². The number of ether oxygens (including phenoxy) is 1. The van der Waals surface area contributed by atoms with Crippen LogP contribution in [-0.2, 0) is 6.54 Å². The van der Waals surface area contributed by atoms with E-state index in [1.165, 1.54) is 11.1 Å². The van der Waals surface area contributed by atoms with Gasteiger partial charge >= 0.3 is 0 Å². The zero-order valence-electron chi connectivity index (χ0n) is 11.9. The van der Waals surface area contributed by atoms with Crippen molar-refractivity contribution in [2.24, 2.45) is 0 Å². The molecular weight excluding hydrogens is 314 g/mol. The predicted molar refractivity (Wildman–Crippen MR) is 88.4 cm³/mol. The van der Waals surface area contributed by atoms with Crippen LogP contribution in [0.5, 0.6) is 5.75 Å². The second-order valence-electron chi connectivity index (χ2n) is 4.77. The minimum absolute atomic E-state index is 0.758. The molecule has 0 atom stereocenters. The lowest BCUT2D eigenvalue weighted by atomic mass is 10.1. The average molecular weight is 334 g/mol. The molecule has 2 aromatic carbocycles. The molecule has 20 heavy (non-hydrogen) atoms. The smallest absolute Gasteiger partial charge is 0.124 e. The zero-order valence-corrected chi connectivity index (χ0v) is 13.5. The molecule has 0 bridgehead atoms. The van der Waals surface area contributed by atoms with Crippen LogP contribution < -0.4 is 10.1 Å². The highest BCUT2D eigenvalue weighted by molar-refractivity contribution is 9.10. The van der Waals surface area contributed by atoms with E-state index in [1.807, 2.05) is 18.2 Å². The molecule has 2 aromatic rings. The molecule has 0 radical (unpaired) electrons. The summed E-state index contributed by atoms with van der Waals surface area (Å²) >= 11 is 3.48. The van der Waals surface area contributed by atoms with E-state index in [0.717, 1.165) is 35.5 Å². The molecule has 0 saturated carbocycles. The third-order valence-electron chi connectivity index (χ3n) is 3.09. The summed E-state index contributed by atoms with van der Waals surface area (Å²) in [6.45, 7) is 5.75. The summed E-state index contributed by atoms with van der Waals surface area (Å²) in [5.41, 5.74) is 3.56. The van der Waals surface area contributed by atoms with E-state index >= 15 is 0 Å². The molecule has 0 aliphatic rings. The molecule has 1 N–H and O–H groups in total. The average Bonchev–Trinajstić information content (AvgIpc) is 2.45. The van der Waals surface area contributed by atoms with Crippen molar-refractivity contribution in [3.05, 3.63) is 58.1 Å². The first-order chi connectivity index (χ1) is 9.70. The highest BCUT2D eigenvalue weighted by atomic mass is 79.9. The number of benzene rings is 2. The molecule has 0 amide bonds. The first-order valence-electron chi connectivity index (χ1n) is 6.91. The van der Waals surface area contributed by atoms with Gasteiger partial charge in [0.15, 0.2) is 0 Å². The maximum absolute atomic E-state index is 5.78. The summed E-state index contributed by atoms with van der Waals surface area (Å²) in [6.07, 6.45) is 1.02. The predicted octanol–water partition coefficient (Wildman–Crippen LogP) is 5.16. The van der Waals surface area contributed by atoms with Gasteiger partial charge in [0.05, 0.1) is 6.61 Å². The molecule has 0 fully saturated rings. The molecule has 3 heteroatoms. The third kappa shape index (κ3) is 4.01. The van der Waals surface area contributed by atoms with Gasteiger partial charge in [0.1, 0.15) is 5.75 Å². The lowest BCUT2D eigenvalue weighted by Gasteiger charge is -2.13. The molecule has 0 aliphatic heterocycles. The van der Waals surface area contributed by atoms with Gasteiger partial charge in [-0.1, -0.05) is 41.1 Å². The quantitative estimate of drug-likeness (QED) is 0.788. The van der Waals surface area contributed by atoms with Gasteiger partial charge in [-0.25, -0.2) is 0 Å². The monoisotopic (exact) mass is 333 g/mol. The van der Waals surface area contributed by atoms with Gasteiger partial charge in [-0.2, -0.15) is 0 Å². The Balaban J connectivity index is 2.06. The van der Waals surface area contributed by atoms with Gasteiger partial charge in [0.25, 0.3) is 0 Å². The molecule has 106 valence electrons. The SMILES string of the molecule is CCCOc1ccccc1CNc1ccc(Br)cc1C. The highest BCUT2D eigenvalue weighted by Crippen LogP contribution is 2.23. The number of hydrogen-bond acceptors (Lipinski definition) is 2. The van der Waals surface area contributed by atoms with Crippen molar-refractivity contribution in [1.29, 1.82) is 0 Å². The number of para-hydroxylation sites is 1. The summed E-state index contributed by atoms with van der Waals surface area (Å²) in [6, 6.07) is 14.4. The lowest BCUT2D eigenvalue weighted by molar-refractivity contribution is 0.314. The maximum Gasteiger partial charge on any atom is 0.124 e. The first-order valence-corrected chi connectivity index (χ1v) is 7.70. The third-order valence-corrected chi connectivity index (χ3v) is 3.59. The van der Waals surface area contributed by atoms with Gasteiger partial charge in [-0.15, -0.1) is 0 Å². The highest BCUT2D eigenvalue weighted by Gasteiger charge is 2.04. The topological polar surface area (TPSA) is 21.3 Å². The molecular formula is C17H20BrNO. The summed E-state index contributed by atoms with van der Waals surface area (Å²) in [4.78, 5) is 0. The minimum Gasteiger partial charge on any atom is -0.493 e. The Kier molecular flexibility index (Phi) is 5.48. The minimum atomic E-state index is 0.758. The first kappa shape index (κ1) is 14.9. The largest absolute Gasteiger partial charge is 0.493 e. The normalized spacial score (nSPS) is 10.3. The number of nitrogens with one attached hydrogen (secondary N) is 1. The van der Waals surface area contributed by atoms with Crippen molar-refractivity contribution in [1.82, 2.24) is 0 Å². The Morgan fingerprint density at radius 3 is 2.70 bits per heavy atom. The molecule has 0 aliphatic carbocycles. The zero-order chi connectivity index (χ0) is 14.4. The molecule has 0 heterocycles. The number of rotatable bonds is 6. The van der Waals surface area contributed by atoms with Gasteiger partial charge in [0.2, 0.25) is 0 Å². The summed E-state index contributed by atoms with van der Waals surface area (Å²) in [5.74, 6) is 0.969. The van der Waals surface area contributed by atoms with Gasteiger partial charge in [-0.3, -0.25) is 0 Å². The molecule has 0 aromatic heterocycles. The van der Waals surface area contributed by atoms with Crippen molar-refractivity contribution >= 4 is 21.6 Å². The maximum atomic E-state index is 5.78. The van der Waals surface area contributed by atoms with Crippen molar-refractivity contribution in [3.63, 3.8) is 0 Å². The fourth-order valence-electron chi connectivity index (χ4n) is 2.02. The van der Waals surface area contributed by atoms with Gasteiger partial charge in [0, 0.05) is 22.3 Å². The molecule has 2 nitrogen and oxygen atoms in total. The van der Waals surface area contributed by atoms with Crippen LogP contribution in [0.4, 0.5) is 5.69 Å². The van der Waals surface area contributed by atoms with E-state index in [9.17, 15) is 0 Å². The Labute approximate surface area is 129 Å². The molecule has 0 unspecified atom stereocenters. The molecule has 2 rings (SSSR count). The van der Waals surface area contributed by atoms with Crippen LogP contribution in [0, 0.1) is 6.92 Å². The van der Waals surface area contributed by atoms with Crippen LogP contribution in [0.1, 0.15) is 24.5 Å². The van der Waals surface area contributed by atoms with E-state index in [-0.39, 0.29) is 0 Å². The van der Waals surface area contributed by atoms with Crippen LogP contribution in [0.3, 0.4) is 0 Å². The van der Waals surface area contributed by atoms with E-state index in [1.54, 1.807) is 0 Å². The Bertz CT molecular complexity index is 569. The Morgan fingerprint density at radius 2 is 1.95 bits per heavy atom. The van der Waals surface area contributed by atoms with E-state index in [2.05, 4.69) is 59.4 Å². The lowest BCUT2D eigenvalue weighted by Crippen LogP contribution is -2.04. The van der Waals surface area contributed by atoms with Gasteiger partial charge in [-0.05, 0) is 43.2 Å². The van der Waals surface area contributed by atoms with Crippen LogP contribution in [0.2, 0.25) is 0 Å². The fraction of sp³-hybridized carbons (Fsp3) is 0.294. The number of halogens is 1. The Morgan fingerprint density at radius 1 is 1.15 bits per heavy atom. The fourth-order valence-corrected chi connectivity index (χ4v) is 2.49. The van der Waals surface area contributed by atoms with Crippen molar-refractivity contribution in [3.8, 4) is 5.75 Å². The summed E-state index contributed by atoms with van der Waals surface area (Å²) in [7, 11) is 0. The Hall–Kier alpha value is -1.48. The summed E-state index contributed by atoms with van der Waals surface area (Å²) < 4.78 is 6.88. The van der Waals surface area contributed by atoms with Crippen molar-refractivity contribution in [2.45, 2.75) is 26.8 Å². The van der Waals surface area contributed by atoms with Crippen molar-refractivity contribution in [2.75, 3.05) is 11.9 Å². The van der Waals surface area contributed by atoms with Crippen LogP contribution in [0.25, 0.3) is 0 Å². The van der Waals surface area contributed by atoms with E-state index in [4.69, 9.17) is 4.74 Å². The number of anilines is 1. The second kappa shape index (κ2) is 7.34. The number of hydrogen-bond donors (Lipinski definition) is 1. The summed E-state index contributed by atoms with van der Waals surface area (Å²) in [5, 5.41) is 3.47. The van der Waals surface area contributed by atoms with Crippen LogP contribution in [-0.4, -0.2) is 6.61 Å². The van der Waals surface area contributed by atoms with E-state index in [0.29, 0.717) is 0 Å². The standard InChI is InChI=1S/C17H20BrNO/c1-3-10-20-17-7-5-4-6-14(17)12-19-16-9-8-15(18)11-13(16)2/h4-9,11,19H,3,10,12H2,1-2H3. The molecule has 0 saturated heterocycles. The van der Waals surface area contributed by atoms with E-state index < -0.39 is 0 Å². The molecule has 0 spiro atoms. The van der Waals surface area contributed by atoms with Crippen LogP contribution >= 0.6 is 15.9 Å². The number of aryl methyl sites for hydroxylation is 1. The van der Waals surface area contributed by atoms with Crippen LogP contribution in [0.15, 0.2) is 46.9 Å². The second-order valence-corrected chi connectivity index (χ2v) is 5.68.